The molecule has 0 bridgehead atoms. The van der Waals surface area contributed by atoms with Gasteiger partial charge in [-0.15, -0.1) is 0 Å². The Hall–Kier alpha value is -5.98. The highest BCUT2D eigenvalue weighted by atomic mass is 14.4. The fraction of sp³-hybridized carbons (Fsp3) is 0.132. The lowest BCUT2D eigenvalue weighted by Gasteiger charge is -2.24. The first-order valence-electron chi connectivity index (χ1n) is 19.2. The molecule has 11 rings (SSSR count). The molecule has 3 aliphatic carbocycles. The van der Waals surface area contributed by atoms with E-state index in [2.05, 4.69) is 179 Å². The lowest BCUT2D eigenvalue weighted by Crippen LogP contribution is -2.16. The molecule has 0 aliphatic heterocycles. The normalized spacial score (nSPS) is 16.6. The van der Waals surface area contributed by atoms with Crippen molar-refractivity contribution in [3.8, 4) is 44.5 Å². The molecule has 0 amide bonds. The van der Waals surface area contributed by atoms with Crippen molar-refractivity contribution in [3.05, 3.63) is 186 Å². The minimum Gasteiger partial charge on any atom is -0.0839 e. The fourth-order valence-corrected chi connectivity index (χ4v) is 10.3. The summed E-state index contributed by atoms with van der Waals surface area (Å²) in [5.74, 6) is 0.324. The van der Waals surface area contributed by atoms with Crippen LogP contribution in [-0.4, -0.2) is 0 Å². The molecule has 0 nitrogen and oxygen atoms in total. The van der Waals surface area contributed by atoms with Crippen LogP contribution in [0.5, 0.6) is 0 Å². The van der Waals surface area contributed by atoms with Crippen molar-refractivity contribution in [2.75, 3.05) is 0 Å². The number of hydrogen-bond donors (Lipinski definition) is 0. The second-order valence-electron chi connectivity index (χ2n) is 15.9. The maximum absolute atomic E-state index is 2.54. The quantitative estimate of drug-likeness (QED) is 0.163. The van der Waals surface area contributed by atoms with Gasteiger partial charge in [0.15, 0.2) is 0 Å². The zero-order valence-corrected chi connectivity index (χ0v) is 30.5. The Morgan fingerprint density at radius 2 is 1.11 bits per heavy atom. The molecule has 0 saturated heterocycles. The van der Waals surface area contributed by atoms with Crippen LogP contribution in [0.1, 0.15) is 61.8 Å². The van der Waals surface area contributed by atoms with Gasteiger partial charge >= 0.3 is 0 Å². The van der Waals surface area contributed by atoms with Gasteiger partial charge in [-0.1, -0.05) is 160 Å². The number of rotatable bonds is 3. The SMILES string of the molecule is CC1c2ccccc2-c2c1cc(-c1c3ccccc3c(-c3ccccc3)c3ccc(-c4ccc5c(c4)C(C)(C)C4=C5CCC=C4)cc13)c1ccccc21. The van der Waals surface area contributed by atoms with Crippen molar-refractivity contribution in [1.82, 2.24) is 0 Å². The summed E-state index contributed by atoms with van der Waals surface area (Å²) >= 11 is 0. The molecule has 0 saturated carbocycles. The summed E-state index contributed by atoms with van der Waals surface area (Å²) in [6.45, 7) is 7.19. The van der Waals surface area contributed by atoms with Gasteiger partial charge in [-0.05, 0) is 141 Å². The molecule has 0 heterocycles. The van der Waals surface area contributed by atoms with Gasteiger partial charge in [-0.3, -0.25) is 0 Å². The van der Waals surface area contributed by atoms with Gasteiger partial charge in [0.25, 0.3) is 0 Å². The van der Waals surface area contributed by atoms with Gasteiger partial charge in [-0.2, -0.15) is 0 Å². The highest BCUT2D eigenvalue weighted by molar-refractivity contribution is 6.25. The molecule has 53 heavy (non-hydrogen) atoms. The Bertz CT molecular complexity index is 2910. The van der Waals surface area contributed by atoms with Crippen LogP contribution in [0.2, 0.25) is 0 Å². The van der Waals surface area contributed by atoms with Gasteiger partial charge in [0, 0.05) is 11.3 Å². The number of allylic oxidation sites excluding steroid dienone is 4. The molecule has 0 radical (unpaired) electrons. The van der Waals surface area contributed by atoms with Gasteiger partial charge < -0.3 is 0 Å². The third-order valence-electron chi connectivity index (χ3n) is 12.8. The second-order valence-corrected chi connectivity index (χ2v) is 15.9. The fourth-order valence-electron chi connectivity index (χ4n) is 10.3. The summed E-state index contributed by atoms with van der Waals surface area (Å²) in [5.41, 5.74) is 19.3. The minimum atomic E-state index is -0.00606. The Kier molecular flexibility index (Phi) is 6.51. The standard InChI is InChI=1S/C53H40/c1-32-36-17-7-9-20-40(36)51-41-21-10-8-18-37(41)47(31-45(32)51)52-43-23-12-11-22-42(43)50(33-15-5-4-6-16-33)44-28-26-34(29-46(44)52)35-25-27-39-38-19-13-14-24-48(38)53(2,3)49(39)30-35/h4-12,14-18,20-32H,13,19H2,1-3H3. The molecule has 1 atom stereocenters. The van der Waals surface area contributed by atoms with E-state index in [0.717, 1.165) is 12.8 Å². The number of fused-ring (bicyclic) bond motifs is 9. The van der Waals surface area contributed by atoms with Gasteiger partial charge in [0.05, 0.1) is 0 Å². The van der Waals surface area contributed by atoms with E-state index in [1.165, 1.54) is 105 Å². The maximum Gasteiger partial charge on any atom is 0.0155 e. The Morgan fingerprint density at radius 3 is 1.92 bits per heavy atom. The summed E-state index contributed by atoms with van der Waals surface area (Å²) in [4.78, 5) is 0. The number of benzene rings is 8. The summed E-state index contributed by atoms with van der Waals surface area (Å²) < 4.78 is 0. The van der Waals surface area contributed by atoms with Crippen LogP contribution in [0.15, 0.2) is 163 Å². The van der Waals surface area contributed by atoms with E-state index in [4.69, 9.17) is 0 Å². The van der Waals surface area contributed by atoms with E-state index in [1.807, 2.05) is 0 Å². The first-order valence-corrected chi connectivity index (χ1v) is 19.2. The molecule has 8 aromatic carbocycles. The zero-order chi connectivity index (χ0) is 35.4. The van der Waals surface area contributed by atoms with Crippen molar-refractivity contribution >= 4 is 37.9 Å². The van der Waals surface area contributed by atoms with Crippen molar-refractivity contribution in [3.63, 3.8) is 0 Å². The molecule has 0 heteroatoms. The van der Waals surface area contributed by atoms with Gasteiger partial charge in [-0.25, -0.2) is 0 Å². The topological polar surface area (TPSA) is 0 Å². The largest absolute Gasteiger partial charge is 0.0839 e. The van der Waals surface area contributed by atoms with E-state index in [9.17, 15) is 0 Å². The average Bonchev–Trinajstić information content (AvgIpc) is 3.63. The van der Waals surface area contributed by atoms with E-state index in [-0.39, 0.29) is 5.41 Å². The molecule has 252 valence electrons. The second kappa shape index (κ2) is 11.3. The molecule has 1 unspecified atom stereocenters. The predicted octanol–water partition coefficient (Wildman–Crippen LogP) is 14.7. The van der Waals surface area contributed by atoms with E-state index in [1.54, 1.807) is 5.57 Å². The lowest BCUT2D eigenvalue weighted by molar-refractivity contribution is 0.651. The van der Waals surface area contributed by atoms with Gasteiger partial charge in [0.2, 0.25) is 0 Å². The Balaban J connectivity index is 1.23. The third kappa shape index (κ3) is 4.30. The van der Waals surface area contributed by atoms with Crippen molar-refractivity contribution in [2.45, 2.75) is 44.9 Å². The molecule has 0 aromatic heterocycles. The van der Waals surface area contributed by atoms with Gasteiger partial charge in [0.1, 0.15) is 0 Å². The minimum absolute atomic E-state index is 0.00606. The summed E-state index contributed by atoms with van der Waals surface area (Å²) in [7, 11) is 0. The first kappa shape index (κ1) is 30.6. The monoisotopic (exact) mass is 676 g/mol. The van der Waals surface area contributed by atoms with E-state index >= 15 is 0 Å². The summed E-state index contributed by atoms with van der Waals surface area (Å²) in [6, 6.07) is 55.3. The first-order chi connectivity index (χ1) is 26.0. The van der Waals surface area contributed by atoms with Crippen molar-refractivity contribution in [2.24, 2.45) is 0 Å². The van der Waals surface area contributed by atoms with Crippen molar-refractivity contribution < 1.29 is 0 Å². The van der Waals surface area contributed by atoms with Crippen LogP contribution in [0, 0.1) is 0 Å². The predicted molar refractivity (Wildman–Crippen MR) is 227 cm³/mol. The molecule has 0 N–H and O–H groups in total. The molecule has 8 aromatic rings. The molecular weight excluding hydrogens is 637 g/mol. The van der Waals surface area contributed by atoms with Crippen molar-refractivity contribution in [1.29, 1.82) is 0 Å². The Labute approximate surface area is 311 Å². The smallest absolute Gasteiger partial charge is 0.0155 e. The highest BCUT2D eigenvalue weighted by Crippen LogP contribution is 2.54. The van der Waals surface area contributed by atoms with E-state index < -0.39 is 0 Å². The summed E-state index contributed by atoms with van der Waals surface area (Å²) in [5, 5.41) is 7.82. The lowest BCUT2D eigenvalue weighted by atomic mass is 9.79. The van der Waals surface area contributed by atoms with Crippen LogP contribution >= 0.6 is 0 Å². The zero-order valence-electron chi connectivity index (χ0n) is 30.5. The average molecular weight is 677 g/mol. The van der Waals surface area contributed by atoms with Crippen LogP contribution in [0.3, 0.4) is 0 Å². The van der Waals surface area contributed by atoms with Crippen LogP contribution in [0.25, 0.3) is 82.4 Å². The summed E-state index contributed by atoms with van der Waals surface area (Å²) in [6.07, 6.45) is 7.00. The molecule has 3 aliphatic rings. The van der Waals surface area contributed by atoms with Crippen LogP contribution < -0.4 is 0 Å². The van der Waals surface area contributed by atoms with Crippen LogP contribution in [0.4, 0.5) is 0 Å². The Morgan fingerprint density at radius 1 is 0.472 bits per heavy atom. The third-order valence-corrected chi connectivity index (χ3v) is 12.8. The highest BCUT2D eigenvalue weighted by Gasteiger charge is 2.37. The molecule has 0 fully saturated rings. The molecule has 0 spiro atoms. The van der Waals surface area contributed by atoms with Crippen LogP contribution in [-0.2, 0) is 5.41 Å². The molecular formula is C53H40. The number of hydrogen-bond acceptors (Lipinski definition) is 0. The van der Waals surface area contributed by atoms with E-state index in [0.29, 0.717) is 5.92 Å². The maximum atomic E-state index is 2.54.